The molecule has 0 heterocycles. The molecule has 0 aromatic heterocycles. The normalized spacial score (nSPS) is 9.00. The van der Waals surface area contributed by atoms with Gasteiger partial charge in [0.1, 0.15) is 0 Å². The zero-order chi connectivity index (χ0) is 8.97. The van der Waals surface area contributed by atoms with Gasteiger partial charge in [0.15, 0.2) is 0 Å². The maximum absolute atomic E-state index is 10.2. The molecule has 2 nitrogen and oxygen atoms in total. The number of halogens is 1. The molecule has 0 unspecified atom stereocenters. The SMILES string of the molecule is O=C([O-])Cc1ccc(CBr)cc1.[Na+]. The predicted octanol–water partition coefficient (Wildman–Crippen LogP) is -2.12. The molecular weight excluding hydrogens is 243 g/mol. The van der Waals surface area contributed by atoms with Gasteiger partial charge in [-0.1, -0.05) is 40.2 Å². The average Bonchev–Trinajstić information content (AvgIpc) is 2.05. The van der Waals surface area contributed by atoms with Crippen molar-refractivity contribution in [1.82, 2.24) is 0 Å². The number of carbonyl (C=O) groups is 1. The third kappa shape index (κ3) is 4.81. The number of alkyl halides is 1. The van der Waals surface area contributed by atoms with Crippen molar-refractivity contribution in [2.75, 3.05) is 0 Å². The van der Waals surface area contributed by atoms with E-state index >= 15 is 0 Å². The van der Waals surface area contributed by atoms with Crippen LogP contribution in [0, 0.1) is 0 Å². The Morgan fingerprint density at radius 2 is 1.69 bits per heavy atom. The fraction of sp³-hybridized carbons (Fsp3) is 0.222. The molecule has 0 saturated heterocycles. The van der Waals surface area contributed by atoms with Crippen LogP contribution in [0.1, 0.15) is 11.1 Å². The van der Waals surface area contributed by atoms with Crippen LogP contribution in [0.5, 0.6) is 0 Å². The molecule has 1 aromatic rings. The topological polar surface area (TPSA) is 40.1 Å². The molecule has 0 aliphatic rings. The van der Waals surface area contributed by atoms with Crippen LogP contribution in [-0.2, 0) is 16.5 Å². The quantitative estimate of drug-likeness (QED) is 0.455. The van der Waals surface area contributed by atoms with E-state index in [1.54, 1.807) is 12.1 Å². The van der Waals surface area contributed by atoms with Gasteiger partial charge in [0, 0.05) is 17.7 Å². The Bertz CT molecular complexity index is 271. The molecule has 0 radical (unpaired) electrons. The van der Waals surface area contributed by atoms with Crippen molar-refractivity contribution in [2.24, 2.45) is 0 Å². The molecule has 0 N–H and O–H groups in total. The first-order chi connectivity index (χ1) is 5.72. The maximum atomic E-state index is 10.2. The molecule has 1 rings (SSSR count). The number of benzene rings is 1. The smallest absolute Gasteiger partial charge is 0.550 e. The Hall–Kier alpha value is 0.170. The number of carboxylic acids is 1. The van der Waals surface area contributed by atoms with Gasteiger partial charge in [-0.2, -0.15) is 0 Å². The molecular formula is C9H8BrNaO2. The van der Waals surface area contributed by atoms with E-state index in [0.29, 0.717) is 0 Å². The third-order valence-electron chi connectivity index (χ3n) is 1.53. The molecule has 0 amide bonds. The molecule has 64 valence electrons. The zero-order valence-electron chi connectivity index (χ0n) is 7.42. The second-order valence-corrected chi connectivity index (χ2v) is 3.06. The summed E-state index contributed by atoms with van der Waals surface area (Å²) in [4.78, 5) is 10.2. The fourth-order valence-electron chi connectivity index (χ4n) is 0.913. The number of carbonyl (C=O) groups excluding carboxylic acids is 1. The van der Waals surface area contributed by atoms with Crippen molar-refractivity contribution in [3.8, 4) is 0 Å². The van der Waals surface area contributed by atoms with Crippen molar-refractivity contribution in [2.45, 2.75) is 11.8 Å². The predicted molar refractivity (Wildman–Crippen MR) is 47.8 cm³/mol. The number of carboxylic acid groups (broad SMARTS) is 1. The summed E-state index contributed by atoms with van der Waals surface area (Å²) in [6, 6.07) is 7.39. The van der Waals surface area contributed by atoms with Crippen LogP contribution in [0.25, 0.3) is 0 Å². The first kappa shape index (κ1) is 13.2. The first-order valence-electron chi connectivity index (χ1n) is 3.56. The van der Waals surface area contributed by atoms with Crippen molar-refractivity contribution < 1.29 is 39.5 Å². The molecule has 0 spiro atoms. The molecule has 13 heavy (non-hydrogen) atoms. The fourth-order valence-corrected chi connectivity index (χ4v) is 1.29. The standard InChI is InChI=1S/C9H9BrO2.Na/c10-6-8-3-1-7(2-4-8)5-9(11)12;/h1-4H,5-6H2,(H,11,12);/q;+1/p-1. The summed E-state index contributed by atoms with van der Waals surface area (Å²) in [5, 5.41) is 11.0. The van der Waals surface area contributed by atoms with E-state index in [2.05, 4.69) is 15.9 Å². The number of rotatable bonds is 3. The number of aliphatic carboxylic acids is 1. The van der Waals surface area contributed by atoms with E-state index in [1.165, 1.54) is 0 Å². The van der Waals surface area contributed by atoms with Crippen molar-refractivity contribution >= 4 is 21.9 Å². The van der Waals surface area contributed by atoms with Gasteiger partial charge in [-0.3, -0.25) is 0 Å². The van der Waals surface area contributed by atoms with E-state index < -0.39 is 5.97 Å². The first-order valence-corrected chi connectivity index (χ1v) is 4.68. The van der Waals surface area contributed by atoms with Gasteiger partial charge in [0.2, 0.25) is 0 Å². The molecule has 0 aliphatic carbocycles. The van der Waals surface area contributed by atoms with Crippen LogP contribution in [0.15, 0.2) is 24.3 Å². The van der Waals surface area contributed by atoms with E-state index in [1.807, 2.05) is 12.1 Å². The van der Waals surface area contributed by atoms with Crippen molar-refractivity contribution in [1.29, 1.82) is 0 Å². The molecule has 0 saturated carbocycles. The Morgan fingerprint density at radius 3 is 2.08 bits per heavy atom. The minimum atomic E-state index is -1.04. The number of hydrogen-bond acceptors (Lipinski definition) is 2. The summed E-state index contributed by atoms with van der Waals surface area (Å²) in [7, 11) is 0. The van der Waals surface area contributed by atoms with Crippen LogP contribution < -0.4 is 34.7 Å². The Kier molecular flexibility index (Phi) is 6.68. The van der Waals surface area contributed by atoms with Gasteiger partial charge in [-0.05, 0) is 11.1 Å². The molecule has 0 fully saturated rings. The zero-order valence-corrected chi connectivity index (χ0v) is 11.0. The van der Waals surface area contributed by atoms with Gasteiger partial charge in [-0.15, -0.1) is 0 Å². The summed E-state index contributed by atoms with van der Waals surface area (Å²) in [5.41, 5.74) is 1.91. The Labute approximate surface area is 108 Å². The van der Waals surface area contributed by atoms with Crippen LogP contribution in [0.2, 0.25) is 0 Å². The van der Waals surface area contributed by atoms with E-state index in [9.17, 15) is 9.90 Å². The van der Waals surface area contributed by atoms with Crippen molar-refractivity contribution in [3.05, 3.63) is 35.4 Å². The second kappa shape index (κ2) is 6.60. The second-order valence-electron chi connectivity index (χ2n) is 2.50. The summed E-state index contributed by atoms with van der Waals surface area (Å²) < 4.78 is 0. The minimum absolute atomic E-state index is 0. The largest absolute Gasteiger partial charge is 1.00 e. The summed E-state index contributed by atoms with van der Waals surface area (Å²) in [6.45, 7) is 0. The van der Waals surface area contributed by atoms with Gasteiger partial charge >= 0.3 is 29.6 Å². The van der Waals surface area contributed by atoms with Crippen LogP contribution in [0.4, 0.5) is 0 Å². The summed E-state index contributed by atoms with van der Waals surface area (Å²) >= 11 is 3.30. The van der Waals surface area contributed by atoms with Gasteiger partial charge in [0.25, 0.3) is 0 Å². The maximum Gasteiger partial charge on any atom is 1.00 e. The molecule has 0 bridgehead atoms. The molecule has 1 aromatic carbocycles. The van der Waals surface area contributed by atoms with E-state index in [0.717, 1.165) is 16.5 Å². The monoisotopic (exact) mass is 250 g/mol. The Morgan fingerprint density at radius 1 is 1.23 bits per heavy atom. The summed E-state index contributed by atoms with van der Waals surface area (Å²) in [5.74, 6) is -1.04. The van der Waals surface area contributed by atoms with Crippen LogP contribution in [0.3, 0.4) is 0 Å². The van der Waals surface area contributed by atoms with Gasteiger partial charge in [0.05, 0.1) is 0 Å². The average molecular weight is 251 g/mol. The van der Waals surface area contributed by atoms with E-state index in [-0.39, 0.29) is 36.0 Å². The van der Waals surface area contributed by atoms with E-state index in [4.69, 9.17) is 0 Å². The Balaban J connectivity index is 0.00000144. The van der Waals surface area contributed by atoms with Crippen molar-refractivity contribution in [3.63, 3.8) is 0 Å². The molecule has 0 aliphatic heterocycles. The summed E-state index contributed by atoms with van der Waals surface area (Å²) in [6.07, 6.45) is -0.0113. The van der Waals surface area contributed by atoms with Crippen LogP contribution >= 0.6 is 15.9 Å². The third-order valence-corrected chi connectivity index (χ3v) is 2.17. The molecule has 0 atom stereocenters. The minimum Gasteiger partial charge on any atom is -0.550 e. The van der Waals surface area contributed by atoms with Gasteiger partial charge in [-0.25, -0.2) is 0 Å². The van der Waals surface area contributed by atoms with Crippen LogP contribution in [-0.4, -0.2) is 5.97 Å². The molecule has 4 heteroatoms. The number of hydrogen-bond donors (Lipinski definition) is 0. The van der Waals surface area contributed by atoms with Gasteiger partial charge < -0.3 is 9.90 Å².